The molecule has 11 heteroatoms. The predicted octanol–water partition coefficient (Wildman–Crippen LogP) is 6.32. The maximum Gasteiger partial charge on any atom is 0.350 e. The first-order valence-electron chi connectivity index (χ1n) is 14.9. The SMILES string of the molecule is C=CCOC(=O)c1sc(N2C(=O)C(=O)C(=C(O)c3ccc4c(c3)C[C@@H](C)O4)[C@@H]2c2ccc(OCCCC)c(OCC)c2)nc1C. The van der Waals surface area contributed by atoms with Gasteiger partial charge in [-0.2, -0.15) is 0 Å². The third-order valence-electron chi connectivity index (χ3n) is 7.46. The minimum atomic E-state index is -1.08. The largest absolute Gasteiger partial charge is 0.507 e. The number of anilines is 1. The van der Waals surface area contributed by atoms with E-state index in [1.54, 1.807) is 43.3 Å². The molecule has 3 aromatic rings. The molecule has 0 spiro atoms. The Morgan fingerprint density at radius 3 is 2.71 bits per heavy atom. The fourth-order valence-electron chi connectivity index (χ4n) is 5.35. The van der Waals surface area contributed by atoms with Crippen LogP contribution in [0.25, 0.3) is 5.76 Å². The Hall–Kier alpha value is -4.64. The zero-order chi connectivity index (χ0) is 32.2. The number of carbonyl (C=O) groups is 3. The van der Waals surface area contributed by atoms with Crippen LogP contribution < -0.4 is 19.1 Å². The zero-order valence-corrected chi connectivity index (χ0v) is 26.6. The van der Waals surface area contributed by atoms with Gasteiger partial charge in [0.15, 0.2) is 16.6 Å². The number of aryl methyl sites for hydroxylation is 1. The van der Waals surface area contributed by atoms with Crippen molar-refractivity contribution < 1.29 is 38.4 Å². The van der Waals surface area contributed by atoms with Crippen LogP contribution in [0.4, 0.5) is 5.13 Å². The summed E-state index contributed by atoms with van der Waals surface area (Å²) in [5.41, 5.74) is 1.99. The van der Waals surface area contributed by atoms with E-state index in [4.69, 9.17) is 18.9 Å². The zero-order valence-electron chi connectivity index (χ0n) is 25.8. The van der Waals surface area contributed by atoms with Crippen molar-refractivity contribution in [3.8, 4) is 17.2 Å². The molecule has 0 aliphatic carbocycles. The molecule has 1 saturated heterocycles. The Morgan fingerprint density at radius 1 is 1.18 bits per heavy atom. The second kappa shape index (κ2) is 13.6. The van der Waals surface area contributed by atoms with Crippen LogP contribution in [0.3, 0.4) is 0 Å². The maximum absolute atomic E-state index is 13.8. The highest BCUT2D eigenvalue weighted by Gasteiger charge is 2.49. The number of carbonyl (C=O) groups excluding carboxylic acids is 3. The smallest absolute Gasteiger partial charge is 0.350 e. The molecule has 1 aromatic heterocycles. The van der Waals surface area contributed by atoms with Gasteiger partial charge in [0.05, 0.1) is 30.5 Å². The van der Waals surface area contributed by atoms with E-state index in [0.717, 1.165) is 29.7 Å². The predicted molar refractivity (Wildman–Crippen MR) is 170 cm³/mol. The molecular formula is C34H36N2O8S. The first kappa shape index (κ1) is 31.8. The van der Waals surface area contributed by atoms with E-state index in [1.165, 1.54) is 11.0 Å². The van der Waals surface area contributed by atoms with Crippen molar-refractivity contribution in [1.29, 1.82) is 0 Å². The molecule has 1 fully saturated rings. The van der Waals surface area contributed by atoms with E-state index in [1.807, 2.05) is 13.8 Å². The summed E-state index contributed by atoms with van der Waals surface area (Å²) >= 11 is 0.933. The molecule has 1 N–H and O–H groups in total. The lowest BCUT2D eigenvalue weighted by atomic mass is 9.94. The summed E-state index contributed by atoms with van der Waals surface area (Å²) < 4.78 is 22.9. The van der Waals surface area contributed by atoms with Gasteiger partial charge in [0.25, 0.3) is 5.78 Å². The number of esters is 1. The lowest BCUT2D eigenvalue weighted by Gasteiger charge is -2.24. The highest BCUT2D eigenvalue weighted by molar-refractivity contribution is 7.17. The molecule has 0 unspecified atom stereocenters. The average molecular weight is 633 g/mol. The van der Waals surface area contributed by atoms with Crippen LogP contribution in [0, 0.1) is 6.92 Å². The Balaban J connectivity index is 1.66. The van der Waals surface area contributed by atoms with E-state index in [0.29, 0.717) is 53.7 Å². The van der Waals surface area contributed by atoms with E-state index in [9.17, 15) is 19.5 Å². The van der Waals surface area contributed by atoms with Crippen LogP contribution >= 0.6 is 11.3 Å². The minimum Gasteiger partial charge on any atom is -0.507 e. The number of aliphatic hydroxyl groups is 1. The van der Waals surface area contributed by atoms with Gasteiger partial charge >= 0.3 is 11.9 Å². The normalized spacial score (nSPS) is 18.4. The minimum absolute atomic E-state index is 0.00744. The molecule has 3 heterocycles. The van der Waals surface area contributed by atoms with Gasteiger partial charge in [0, 0.05) is 12.0 Å². The van der Waals surface area contributed by atoms with Crippen molar-refractivity contribution in [1.82, 2.24) is 4.98 Å². The van der Waals surface area contributed by atoms with Crippen molar-refractivity contribution in [2.45, 2.75) is 59.1 Å². The molecule has 2 aromatic carbocycles. The van der Waals surface area contributed by atoms with Crippen molar-refractivity contribution in [2.75, 3.05) is 24.7 Å². The Labute approximate surface area is 265 Å². The molecule has 2 atom stereocenters. The van der Waals surface area contributed by atoms with Gasteiger partial charge in [-0.3, -0.25) is 14.5 Å². The number of hydrogen-bond donors (Lipinski definition) is 1. The summed E-state index contributed by atoms with van der Waals surface area (Å²) in [6, 6.07) is 9.28. The molecule has 2 aliphatic rings. The fraction of sp³-hybridized carbons (Fsp3) is 0.353. The van der Waals surface area contributed by atoms with Crippen molar-refractivity contribution in [3.63, 3.8) is 0 Å². The Kier molecular flexibility index (Phi) is 9.57. The maximum atomic E-state index is 13.8. The third kappa shape index (κ3) is 6.30. The molecular weight excluding hydrogens is 596 g/mol. The number of unbranched alkanes of at least 4 members (excludes halogenated alkanes) is 1. The van der Waals surface area contributed by atoms with Crippen LogP contribution in [0.5, 0.6) is 17.2 Å². The number of fused-ring (bicyclic) bond motifs is 1. The summed E-state index contributed by atoms with van der Waals surface area (Å²) in [7, 11) is 0. The van der Waals surface area contributed by atoms with E-state index in [2.05, 4.69) is 18.5 Å². The number of rotatable bonds is 12. The number of benzene rings is 2. The van der Waals surface area contributed by atoms with Gasteiger partial charge in [-0.1, -0.05) is 43.4 Å². The first-order chi connectivity index (χ1) is 21.7. The van der Waals surface area contributed by atoms with Gasteiger partial charge in [-0.15, -0.1) is 0 Å². The van der Waals surface area contributed by atoms with Crippen molar-refractivity contribution in [3.05, 3.63) is 81.9 Å². The number of ether oxygens (including phenoxy) is 4. The molecule has 0 radical (unpaired) electrons. The highest BCUT2D eigenvalue weighted by atomic mass is 32.1. The molecule has 45 heavy (non-hydrogen) atoms. The second-order valence-electron chi connectivity index (χ2n) is 10.8. The van der Waals surface area contributed by atoms with Gasteiger partial charge in [0.1, 0.15) is 29.1 Å². The van der Waals surface area contributed by atoms with Gasteiger partial charge in [0.2, 0.25) is 0 Å². The molecule has 0 saturated carbocycles. The first-order valence-corrected chi connectivity index (χ1v) is 15.8. The standard InChI is InChI=1S/C34H36N2O8S/c1-6-9-15-42-25-13-10-21(18-26(25)41-8-3)28-27(29(37)22-11-12-24-23(17-22)16-19(4)44-24)30(38)32(39)36(28)34-35-20(5)31(45-34)33(40)43-14-7-2/h7,10-13,17-19,28,37H,2,6,8-9,14-16H2,1,3-5H3/t19-,28+/m1/s1. The lowest BCUT2D eigenvalue weighted by Crippen LogP contribution is -2.29. The fourth-order valence-corrected chi connectivity index (χ4v) is 6.34. The van der Waals surface area contributed by atoms with Gasteiger partial charge in [-0.25, -0.2) is 9.78 Å². The Bertz CT molecular complexity index is 1680. The van der Waals surface area contributed by atoms with E-state index >= 15 is 0 Å². The van der Waals surface area contributed by atoms with E-state index in [-0.39, 0.29) is 34.1 Å². The molecule has 2 aliphatic heterocycles. The summed E-state index contributed by atoms with van der Waals surface area (Å²) in [5.74, 6) is -1.05. The summed E-state index contributed by atoms with van der Waals surface area (Å²) in [6.07, 6.45) is 3.90. The van der Waals surface area contributed by atoms with Crippen molar-refractivity contribution >= 4 is 39.9 Å². The average Bonchev–Trinajstić information content (AvgIpc) is 3.67. The van der Waals surface area contributed by atoms with Crippen LogP contribution in [-0.4, -0.2) is 53.7 Å². The van der Waals surface area contributed by atoms with Crippen LogP contribution in [0.2, 0.25) is 0 Å². The number of aromatic nitrogens is 1. The number of thiazole rings is 1. The van der Waals surface area contributed by atoms with Gasteiger partial charge in [-0.05, 0) is 68.7 Å². The highest BCUT2D eigenvalue weighted by Crippen LogP contribution is 2.46. The molecule has 236 valence electrons. The Morgan fingerprint density at radius 2 is 1.98 bits per heavy atom. The summed E-state index contributed by atoms with van der Waals surface area (Å²) in [6.45, 7) is 11.9. The lowest BCUT2D eigenvalue weighted by molar-refractivity contribution is -0.132. The number of amides is 1. The second-order valence-corrected chi connectivity index (χ2v) is 11.7. The topological polar surface area (TPSA) is 124 Å². The molecule has 5 rings (SSSR count). The van der Waals surface area contributed by atoms with Crippen molar-refractivity contribution in [2.24, 2.45) is 0 Å². The number of Topliss-reactive ketones (excluding diaryl/α,β-unsaturated/α-hetero) is 1. The van der Waals surface area contributed by atoms with Crippen LogP contribution in [0.15, 0.2) is 54.6 Å². The van der Waals surface area contributed by atoms with E-state index < -0.39 is 23.7 Å². The number of aliphatic hydroxyl groups excluding tert-OH is 1. The number of nitrogens with zero attached hydrogens (tertiary/aromatic N) is 2. The summed E-state index contributed by atoms with van der Waals surface area (Å²) in [5, 5.41) is 11.8. The molecule has 0 bridgehead atoms. The number of hydrogen-bond acceptors (Lipinski definition) is 10. The third-order valence-corrected chi connectivity index (χ3v) is 8.60. The van der Waals surface area contributed by atoms with Gasteiger partial charge < -0.3 is 24.1 Å². The van der Waals surface area contributed by atoms with Crippen LogP contribution in [-0.2, 0) is 20.7 Å². The monoisotopic (exact) mass is 632 g/mol. The molecule has 1 amide bonds. The van der Waals surface area contributed by atoms with Crippen LogP contribution in [0.1, 0.15) is 71.7 Å². The summed E-state index contributed by atoms with van der Waals surface area (Å²) in [4.78, 5) is 46.2. The molecule has 10 nitrogen and oxygen atoms in total. The quantitative estimate of drug-likeness (QED) is 0.0610. The number of ketones is 1.